The lowest BCUT2D eigenvalue weighted by molar-refractivity contribution is -0.153. The molecule has 0 fully saturated rings. The zero-order chi connectivity index (χ0) is 40.5. The molecule has 2 N–H and O–H groups in total. The topological polar surface area (TPSA) is 85.9 Å². The molecule has 37 heavy (non-hydrogen) atoms. The predicted molar refractivity (Wildman–Crippen MR) is 147 cm³/mol. The minimum absolute atomic E-state index is 0.241. The van der Waals surface area contributed by atoms with E-state index in [0.29, 0.717) is 0 Å². The second kappa shape index (κ2) is 11.6. The summed E-state index contributed by atoms with van der Waals surface area (Å²) in [5, 5.41) is 4.24. The van der Waals surface area contributed by atoms with Gasteiger partial charge in [-0.3, -0.25) is 0 Å². The number of methoxy groups -OCH3 is 1. The van der Waals surface area contributed by atoms with Gasteiger partial charge in [-0.1, -0.05) is 36.7 Å². The molecule has 0 amide bonds. The summed E-state index contributed by atoms with van der Waals surface area (Å²) >= 11 is 6.67. The van der Waals surface area contributed by atoms with E-state index >= 15 is 0 Å². The summed E-state index contributed by atoms with van der Waals surface area (Å²) in [6, 6.07) is -2.49. The fourth-order valence-corrected chi connectivity index (χ4v) is 3.98. The van der Waals surface area contributed by atoms with Crippen LogP contribution in [0.15, 0.2) is 40.7 Å². The van der Waals surface area contributed by atoms with Gasteiger partial charge in [0.05, 0.1) is 43.6 Å². The molecule has 2 rings (SSSR count). The number of carbonyl (C=O) groups excluding carboxylic acids is 2. The number of dihydropyridines is 1. The van der Waals surface area contributed by atoms with Crippen LogP contribution in [0.3, 0.4) is 0 Å². The van der Waals surface area contributed by atoms with E-state index in [1.807, 2.05) is 0 Å². The van der Waals surface area contributed by atoms with E-state index < -0.39 is 113 Å². The average Bonchev–Trinajstić information content (AvgIpc) is 2.91. The Hall–Kier alpha value is -2.35. The zero-order valence-electron chi connectivity index (χ0n) is 36.4. The van der Waals surface area contributed by atoms with Crippen molar-refractivity contribution in [1.82, 2.24) is 10.6 Å². The number of nitrogens with one attached hydrogen (secondary N) is 2. The third-order valence-electron chi connectivity index (χ3n) is 5.48. The van der Waals surface area contributed by atoms with Gasteiger partial charge in [-0.2, -0.15) is 0 Å². The Morgan fingerprint density at radius 2 is 1.86 bits per heavy atom. The molecule has 1 atom stereocenters. The van der Waals surface area contributed by atoms with Gasteiger partial charge in [-0.25, -0.2) is 9.59 Å². The number of halogens is 1. The number of rotatable bonds is 10. The summed E-state index contributed by atoms with van der Waals surface area (Å²) in [6.45, 7) is 4.02. The molecule has 0 saturated carbocycles. The lowest BCUT2D eigenvalue weighted by atomic mass is 9.77. The van der Waals surface area contributed by atoms with E-state index in [-0.39, 0.29) is 5.56 Å². The van der Waals surface area contributed by atoms with Crippen LogP contribution >= 0.6 is 11.6 Å². The van der Waals surface area contributed by atoms with Crippen LogP contribution in [0.25, 0.3) is 0 Å². The third-order valence-corrected chi connectivity index (χ3v) is 5.95. The number of hydrogen-bond acceptors (Lipinski definition) is 7. The van der Waals surface area contributed by atoms with E-state index in [0.717, 1.165) is 6.92 Å². The van der Waals surface area contributed by atoms with Crippen molar-refractivity contribution in [1.29, 1.82) is 0 Å². The first kappa shape index (κ1) is 15.9. The number of ether oxygens (including phenoxy) is 3. The number of esters is 2. The van der Waals surface area contributed by atoms with Crippen molar-refractivity contribution < 1.29 is 43.0 Å². The van der Waals surface area contributed by atoms with Crippen LogP contribution in [-0.2, 0) is 23.8 Å². The highest BCUT2D eigenvalue weighted by Crippen LogP contribution is 2.46. The van der Waals surface area contributed by atoms with Crippen LogP contribution in [-0.4, -0.2) is 49.3 Å². The lowest BCUT2D eigenvalue weighted by Crippen LogP contribution is -2.49. The molecule has 0 radical (unpaired) electrons. The van der Waals surface area contributed by atoms with Crippen LogP contribution in [0.2, 0.25) is 5.02 Å². The summed E-state index contributed by atoms with van der Waals surface area (Å²) in [4.78, 5) is 28.6. The fraction of sp³-hybridized carbons (Fsp3) is 0.586. The molecule has 0 aliphatic carbocycles. The second-order valence-corrected chi connectivity index (χ2v) is 10.1. The molecule has 1 aromatic rings. The highest BCUT2D eigenvalue weighted by Gasteiger charge is 2.46. The molecular formula is C29H43ClN2O5. The van der Waals surface area contributed by atoms with Gasteiger partial charge in [-0.15, -0.1) is 0 Å². The van der Waals surface area contributed by atoms with Crippen molar-refractivity contribution >= 4 is 23.5 Å². The van der Waals surface area contributed by atoms with E-state index in [1.165, 1.54) is 55.5 Å². The SMILES string of the molecule is [2H]c1c([2H])c(C)c(Cl)c(C2([2H])C(C(=O)OC([2H])([2H])[2H])=C(C([2H])([2H])[2H])NC(C(C)(C)OC(C)(C)C([2H])([2H])NC)=C2C(=O)OC(C)(C)C([2H])([2H])C)c1[2H]. The van der Waals surface area contributed by atoms with Gasteiger partial charge < -0.3 is 24.8 Å². The summed E-state index contributed by atoms with van der Waals surface area (Å²) in [6.07, 6.45) is -2.29. The Morgan fingerprint density at radius 1 is 1.19 bits per heavy atom. The summed E-state index contributed by atoms with van der Waals surface area (Å²) < 4.78 is 134. The standard InChI is InChI=1S/C29H43ClN2O5/c1-12-27(4,5)36-26(34)22-21(19-15-13-14-17(2)23(19)30)20(25(33)35-11)18(3)32-24(22)29(8,9)37-28(6,7)16-31-10/h13-15,21,31-32H,12,16H2,1-11H3/i3D3,11D3,12D2,13D,14D,15D,16D2,21D. The summed E-state index contributed by atoms with van der Waals surface area (Å²) in [5.74, 6) is -7.00. The Labute approximate surface area is 246 Å². The fourth-order valence-electron chi connectivity index (χ4n) is 3.79. The number of hydrogen-bond donors (Lipinski definition) is 2. The van der Waals surface area contributed by atoms with E-state index in [4.69, 9.17) is 38.9 Å². The molecule has 1 aliphatic rings. The van der Waals surface area contributed by atoms with Gasteiger partial charge in [-0.05, 0) is 79.9 Å². The Balaban J connectivity index is 3.47. The molecule has 1 aliphatic heterocycles. The minimum atomic E-state index is -3.55. The van der Waals surface area contributed by atoms with Crippen LogP contribution in [0.4, 0.5) is 0 Å². The maximum atomic E-state index is 14.6. The highest BCUT2D eigenvalue weighted by molar-refractivity contribution is 6.32. The largest absolute Gasteiger partial charge is 0.466 e. The third kappa shape index (κ3) is 6.95. The van der Waals surface area contributed by atoms with Crippen LogP contribution in [0, 0.1) is 6.92 Å². The van der Waals surface area contributed by atoms with E-state index in [1.54, 1.807) is 0 Å². The molecule has 1 aromatic carbocycles. The molecule has 0 aromatic heterocycles. The van der Waals surface area contributed by atoms with Gasteiger partial charge in [0, 0.05) is 28.2 Å². The minimum Gasteiger partial charge on any atom is -0.466 e. The Morgan fingerprint density at radius 3 is 2.43 bits per heavy atom. The number of benzene rings is 1. The molecular weight excluding hydrogens is 492 g/mol. The van der Waals surface area contributed by atoms with Crippen LogP contribution in [0.5, 0.6) is 0 Å². The van der Waals surface area contributed by atoms with Gasteiger partial charge in [0.15, 0.2) is 0 Å². The molecule has 0 spiro atoms. The molecule has 8 heteroatoms. The average molecular weight is 549 g/mol. The summed E-state index contributed by atoms with van der Waals surface area (Å²) in [7, 11) is -2.25. The van der Waals surface area contributed by atoms with E-state index in [2.05, 4.69) is 15.4 Å². The smallest absolute Gasteiger partial charge is 0.337 e. The van der Waals surface area contributed by atoms with Crippen LogP contribution < -0.4 is 10.6 Å². The van der Waals surface area contributed by atoms with Crippen molar-refractivity contribution in [3.63, 3.8) is 0 Å². The van der Waals surface area contributed by atoms with Crippen molar-refractivity contribution in [2.45, 2.75) is 91.3 Å². The highest BCUT2D eigenvalue weighted by atomic mass is 35.5. The quantitative estimate of drug-likeness (QED) is 0.370. The van der Waals surface area contributed by atoms with Crippen molar-refractivity contribution in [3.05, 3.63) is 56.8 Å². The Bertz CT molecular complexity index is 1630. The number of allylic oxidation sites excluding steroid dienone is 1. The first-order valence-electron chi connectivity index (χ1n) is 18.3. The molecule has 1 heterocycles. The maximum Gasteiger partial charge on any atom is 0.337 e. The first-order valence-corrected chi connectivity index (χ1v) is 11.7. The first-order chi connectivity index (χ1) is 22.4. The van der Waals surface area contributed by atoms with Crippen molar-refractivity contribution in [2.75, 3.05) is 20.6 Å². The zero-order valence-corrected chi connectivity index (χ0v) is 23.2. The lowest BCUT2D eigenvalue weighted by Gasteiger charge is -2.42. The van der Waals surface area contributed by atoms with Gasteiger partial charge in [0.2, 0.25) is 0 Å². The second-order valence-electron chi connectivity index (χ2n) is 9.73. The molecule has 1 unspecified atom stereocenters. The number of likely N-dealkylation sites (N-methyl/N-ethyl adjacent to an activating group) is 1. The Kier molecular flexibility index (Phi) is 4.98. The number of carbonyl (C=O) groups is 2. The summed E-state index contributed by atoms with van der Waals surface area (Å²) in [5.41, 5.74) is -11.4. The van der Waals surface area contributed by atoms with Gasteiger partial charge >= 0.3 is 11.9 Å². The molecule has 206 valence electrons. The van der Waals surface area contributed by atoms with Crippen molar-refractivity contribution in [2.24, 2.45) is 0 Å². The van der Waals surface area contributed by atoms with Gasteiger partial charge in [0.25, 0.3) is 0 Å². The normalized spacial score (nSPS) is 26.0. The van der Waals surface area contributed by atoms with Crippen LogP contribution in [0.1, 0.15) is 97.9 Å². The van der Waals surface area contributed by atoms with Gasteiger partial charge in [0.1, 0.15) is 11.2 Å². The predicted octanol–water partition coefficient (Wildman–Crippen LogP) is 5.56. The monoisotopic (exact) mass is 548 g/mol. The van der Waals surface area contributed by atoms with Crippen molar-refractivity contribution in [3.8, 4) is 0 Å². The molecule has 7 nitrogen and oxygen atoms in total. The maximum absolute atomic E-state index is 14.6. The molecule has 0 saturated heterocycles. The van der Waals surface area contributed by atoms with E-state index in [9.17, 15) is 11.0 Å². The molecule has 0 bridgehead atoms.